The number of benzene rings is 1. The molecule has 0 saturated carbocycles. The van der Waals surface area contributed by atoms with Crippen LogP contribution >= 0.6 is 12.4 Å². The average Bonchev–Trinajstić information content (AvgIpc) is 2.89. The van der Waals surface area contributed by atoms with E-state index >= 15 is 0 Å². The molecule has 0 aromatic heterocycles. The van der Waals surface area contributed by atoms with Crippen LogP contribution in [0.2, 0.25) is 0 Å². The van der Waals surface area contributed by atoms with Gasteiger partial charge in [0.05, 0.1) is 19.1 Å². The van der Waals surface area contributed by atoms with Crippen LogP contribution in [0.1, 0.15) is 5.56 Å². The Morgan fingerprint density at radius 1 is 1.14 bits per heavy atom. The topological polar surface area (TPSA) is 90.5 Å². The van der Waals surface area contributed by atoms with Gasteiger partial charge in [-0.25, -0.2) is 0 Å². The molecule has 1 aromatic rings. The molecule has 0 bridgehead atoms. The van der Waals surface area contributed by atoms with Crippen LogP contribution in [-0.4, -0.2) is 49.2 Å². The van der Waals surface area contributed by atoms with Crippen LogP contribution in [0.25, 0.3) is 0 Å². The maximum atomic E-state index is 11.7. The van der Waals surface area contributed by atoms with Gasteiger partial charge in [0.15, 0.2) is 0 Å². The zero-order chi connectivity index (χ0) is 15.1. The fraction of sp³-hybridized carbons (Fsp3) is 0.467. The Morgan fingerprint density at radius 3 is 2.50 bits per heavy atom. The molecule has 6 nitrogen and oxygen atoms in total. The smallest absolute Gasteiger partial charge is 0.239 e. The largest absolute Gasteiger partial charge is 0.391 e. The standard InChI is InChI=1S/C15H21N3O3.ClH/c19-13-9-16-7-12(13)8-17-15(21)10-18-14(20)6-11-4-2-1-3-5-11;/h1-5,12-13,16,19H,6-10H2,(H,17,21)(H,18,20);1H. The van der Waals surface area contributed by atoms with Crippen LogP contribution in [0.4, 0.5) is 0 Å². The molecule has 4 N–H and O–H groups in total. The van der Waals surface area contributed by atoms with Crippen LogP contribution in [0.15, 0.2) is 30.3 Å². The summed E-state index contributed by atoms with van der Waals surface area (Å²) >= 11 is 0. The van der Waals surface area contributed by atoms with E-state index in [4.69, 9.17) is 0 Å². The predicted octanol–water partition coefficient (Wildman–Crippen LogP) is -0.536. The monoisotopic (exact) mass is 327 g/mol. The van der Waals surface area contributed by atoms with Crippen molar-refractivity contribution in [3.05, 3.63) is 35.9 Å². The molecule has 2 atom stereocenters. The van der Waals surface area contributed by atoms with E-state index in [1.165, 1.54) is 0 Å². The van der Waals surface area contributed by atoms with Gasteiger partial charge in [-0.1, -0.05) is 30.3 Å². The van der Waals surface area contributed by atoms with Gasteiger partial charge in [-0.05, 0) is 5.56 Å². The predicted molar refractivity (Wildman–Crippen MR) is 85.8 cm³/mol. The van der Waals surface area contributed by atoms with Gasteiger partial charge in [0.1, 0.15) is 0 Å². The number of nitrogens with one attached hydrogen (secondary N) is 3. The molecule has 1 fully saturated rings. The highest BCUT2D eigenvalue weighted by atomic mass is 35.5. The minimum absolute atomic E-state index is 0. The van der Waals surface area contributed by atoms with Gasteiger partial charge in [0, 0.05) is 25.6 Å². The summed E-state index contributed by atoms with van der Waals surface area (Å²) in [5.74, 6) is -0.386. The third kappa shape index (κ3) is 6.01. The van der Waals surface area contributed by atoms with Gasteiger partial charge in [0.2, 0.25) is 11.8 Å². The number of amides is 2. The van der Waals surface area contributed by atoms with Crippen LogP contribution in [0, 0.1) is 5.92 Å². The summed E-state index contributed by atoms with van der Waals surface area (Å²) in [6.07, 6.45) is -0.155. The number of carbonyl (C=O) groups excluding carboxylic acids is 2. The normalized spacial score (nSPS) is 20.0. The zero-order valence-corrected chi connectivity index (χ0v) is 13.1. The number of aliphatic hydroxyl groups is 1. The first-order valence-corrected chi connectivity index (χ1v) is 7.11. The molecule has 7 heteroatoms. The Hall–Kier alpha value is -1.63. The van der Waals surface area contributed by atoms with E-state index in [2.05, 4.69) is 16.0 Å². The summed E-state index contributed by atoms with van der Waals surface area (Å²) in [6, 6.07) is 9.37. The summed E-state index contributed by atoms with van der Waals surface area (Å²) in [7, 11) is 0. The first-order valence-electron chi connectivity index (χ1n) is 7.11. The maximum absolute atomic E-state index is 11.7. The van der Waals surface area contributed by atoms with Gasteiger partial charge in [-0.3, -0.25) is 9.59 Å². The minimum Gasteiger partial charge on any atom is -0.391 e. The number of hydrogen-bond donors (Lipinski definition) is 4. The Bertz CT molecular complexity index is 484. The highest BCUT2D eigenvalue weighted by molar-refractivity contribution is 5.86. The number of aliphatic hydroxyl groups excluding tert-OH is 1. The van der Waals surface area contributed by atoms with Crippen LogP contribution in [0.5, 0.6) is 0 Å². The number of rotatable bonds is 6. The summed E-state index contributed by atoms with van der Waals surface area (Å²) in [5.41, 5.74) is 0.913. The first-order chi connectivity index (χ1) is 10.1. The van der Waals surface area contributed by atoms with E-state index in [0.29, 0.717) is 19.6 Å². The van der Waals surface area contributed by atoms with Crippen molar-refractivity contribution in [2.45, 2.75) is 12.5 Å². The summed E-state index contributed by atoms with van der Waals surface area (Å²) < 4.78 is 0. The molecule has 1 aliphatic heterocycles. The van der Waals surface area contributed by atoms with E-state index in [1.54, 1.807) is 0 Å². The molecular formula is C15H22ClN3O3. The molecule has 2 unspecified atom stereocenters. The Morgan fingerprint density at radius 2 is 1.86 bits per heavy atom. The summed E-state index contributed by atoms with van der Waals surface area (Å²) in [6.45, 7) is 1.64. The van der Waals surface area contributed by atoms with Gasteiger partial charge in [-0.15, -0.1) is 12.4 Å². The fourth-order valence-corrected chi connectivity index (χ4v) is 2.26. The van der Waals surface area contributed by atoms with Crippen molar-refractivity contribution in [2.24, 2.45) is 5.92 Å². The molecule has 1 heterocycles. The van der Waals surface area contributed by atoms with Crippen molar-refractivity contribution in [3.63, 3.8) is 0 Å². The second-order valence-electron chi connectivity index (χ2n) is 5.23. The molecule has 2 rings (SSSR count). The van der Waals surface area contributed by atoms with E-state index in [1.807, 2.05) is 30.3 Å². The highest BCUT2D eigenvalue weighted by Crippen LogP contribution is 2.06. The van der Waals surface area contributed by atoms with E-state index in [9.17, 15) is 14.7 Å². The van der Waals surface area contributed by atoms with E-state index in [0.717, 1.165) is 5.56 Å². The van der Waals surface area contributed by atoms with Crippen molar-refractivity contribution in [1.82, 2.24) is 16.0 Å². The summed E-state index contributed by atoms with van der Waals surface area (Å²) in [5, 5.41) is 18.0. The molecule has 0 aliphatic carbocycles. The van der Waals surface area contributed by atoms with Gasteiger partial charge in [0.25, 0.3) is 0 Å². The van der Waals surface area contributed by atoms with Crippen molar-refractivity contribution in [2.75, 3.05) is 26.2 Å². The zero-order valence-electron chi connectivity index (χ0n) is 12.2. The minimum atomic E-state index is -0.419. The van der Waals surface area contributed by atoms with Crippen LogP contribution < -0.4 is 16.0 Å². The maximum Gasteiger partial charge on any atom is 0.239 e. The number of hydrogen-bond acceptors (Lipinski definition) is 4. The summed E-state index contributed by atoms with van der Waals surface area (Å²) in [4.78, 5) is 23.3. The Labute approximate surface area is 136 Å². The number of carbonyl (C=O) groups is 2. The Kier molecular flexibility index (Phi) is 7.87. The lowest BCUT2D eigenvalue weighted by Gasteiger charge is -2.14. The molecule has 0 spiro atoms. The lowest BCUT2D eigenvalue weighted by atomic mass is 10.1. The van der Waals surface area contributed by atoms with Crippen molar-refractivity contribution in [3.8, 4) is 0 Å². The van der Waals surface area contributed by atoms with Gasteiger partial charge >= 0.3 is 0 Å². The molecule has 1 saturated heterocycles. The molecule has 22 heavy (non-hydrogen) atoms. The third-order valence-electron chi connectivity index (χ3n) is 3.52. The fourth-order valence-electron chi connectivity index (χ4n) is 2.26. The third-order valence-corrected chi connectivity index (χ3v) is 3.52. The molecule has 1 aliphatic rings. The van der Waals surface area contributed by atoms with Crippen LogP contribution in [-0.2, 0) is 16.0 Å². The SMILES string of the molecule is Cl.O=C(CNC(=O)Cc1ccccc1)NCC1CNCC1O. The Balaban J connectivity index is 0.00000242. The second-order valence-corrected chi connectivity index (χ2v) is 5.23. The van der Waals surface area contributed by atoms with Gasteiger partial charge in [-0.2, -0.15) is 0 Å². The van der Waals surface area contributed by atoms with E-state index in [-0.39, 0.29) is 43.1 Å². The number of halogens is 1. The quantitative estimate of drug-likeness (QED) is 0.565. The average molecular weight is 328 g/mol. The second kappa shape index (κ2) is 9.40. The molecule has 1 aromatic carbocycles. The molecule has 122 valence electrons. The molecule has 0 radical (unpaired) electrons. The number of β-amino-alcohol motifs (C(OH)–C–C–N with tert-alkyl or cyclic N) is 1. The van der Waals surface area contributed by atoms with Crippen molar-refractivity contribution >= 4 is 24.2 Å². The molecule has 2 amide bonds. The van der Waals surface area contributed by atoms with Crippen molar-refractivity contribution < 1.29 is 14.7 Å². The van der Waals surface area contributed by atoms with Crippen molar-refractivity contribution in [1.29, 1.82) is 0 Å². The highest BCUT2D eigenvalue weighted by Gasteiger charge is 2.24. The van der Waals surface area contributed by atoms with Gasteiger partial charge < -0.3 is 21.1 Å². The first kappa shape index (κ1) is 18.4. The molecular weight excluding hydrogens is 306 g/mol. The lowest BCUT2D eigenvalue weighted by molar-refractivity contribution is -0.125. The van der Waals surface area contributed by atoms with Crippen LogP contribution in [0.3, 0.4) is 0 Å². The lowest BCUT2D eigenvalue weighted by Crippen LogP contribution is -2.41. The van der Waals surface area contributed by atoms with E-state index < -0.39 is 6.10 Å².